The van der Waals surface area contributed by atoms with Gasteiger partial charge in [-0.2, -0.15) is 0 Å². The molecule has 0 heterocycles. The van der Waals surface area contributed by atoms with Crippen molar-refractivity contribution in [3.63, 3.8) is 0 Å². The van der Waals surface area contributed by atoms with E-state index in [2.05, 4.69) is 0 Å². The van der Waals surface area contributed by atoms with Gasteiger partial charge < -0.3 is 9.47 Å². The molecular weight excluding hydrogens is 204 g/mol. The van der Waals surface area contributed by atoms with Crippen LogP contribution in [0, 0.1) is 0 Å². The Morgan fingerprint density at radius 3 is 2.56 bits per heavy atom. The lowest BCUT2D eigenvalue weighted by atomic mass is 10.3. The van der Waals surface area contributed by atoms with Crippen LogP contribution in [0.2, 0.25) is 0 Å². The second-order valence-corrected chi connectivity index (χ2v) is 3.27. The molecule has 3 nitrogen and oxygen atoms in total. The Morgan fingerprint density at radius 2 is 1.94 bits per heavy atom. The van der Waals surface area contributed by atoms with Gasteiger partial charge in [0.1, 0.15) is 19.0 Å². The maximum Gasteiger partial charge on any atom is 0.333 e. The topological polar surface area (TPSA) is 35.5 Å². The zero-order valence-electron chi connectivity index (χ0n) is 9.60. The second-order valence-electron chi connectivity index (χ2n) is 3.27. The average Bonchev–Trinajstić information content (AvgIpc) is 2.34. The van der Waals surface area contributed by atoms with Crippen molar-refractivity contribution >= 4 is 5.97 Å². The lowest BCUT2D eigenvalue weighted by Gasteiger charge is -2.07. The van der Waals surface area contributed by atoms with Crippen molar-refractivity contribution in [3.05, 3.63) is 42.0 Å². The van der Waals surface area contributed by atoms with Crippen LogP contribution in [-0.4, -0.2) is 19.2 Å². The summed E-state index contributed by atoms with van der Waals surface area (Å²) in [7, 11) is 0. The van der Waals surface area contributed by atoms with Crippen LogP contribution in [0.15, 0.2) is 42.0 Å². The van der Waals surface area contributed by atoms with Gasteiger partial charge in [0, 0.05) is 5.57 Å². The molecule has 0 N–H and O–H groups in total. The molecule has 86 valence electrons. The summed E-state index contributed by atoms with van der Waals surface area (Å²) in [6.45, 7) is 4.16. The fourth-order valence-corrected chi connectivity index (χ4v) is 1.04. The smallest absolute Gasteiger partial charge is 0.333 e. The molecule has 0 saturated heterocycles. The van der Waals surface area contributed by atoms with Gasteiger partial charge in [0.25, 0.3) is 0 Å². The standard InChI is InChI=1S/C13H16O3/c1-3-11(2)13(14)16-10-9-15-12-7-5-4-6-8-12/h3-8H,9-10H2,1-2H3/b11-3+. The maximum absolute atomic E-state index is 11.2. The summed E-state index contributed by atoms with van der Waals surface area (Å²) in [4.78, 5) is 11.2. The first-order valence-electron chi connectivity index (χ1n) is 5.22. The summed E-state index contributed by atoms with van der Waals surface area (Å²) < 4.78 is 10.4. The van der Waals surface area contributed by atoms with Crippen LogP contribution in [0.4, 0.5) is 0 Å². The van der Waals surface area contributed by atoms with E-state index in [0.717, 1.165) is 5.75 Å². The van der Waals surface area contributed by atoms with Gasteiger partial charge in [-0.25, -0.2) is 4.79 Å². The van der Waals surface area contributed by atoms with Crippen molar-refractivity contribution in [2.24, 2.45) is 0 Å². The number of carbonyl (C=O) groups is 1. The molecular formula is C13H16O3. The second kappa shape index (κ2) is 6.67. The number of para-hydroxylation sites is 1. The largest absolute Gasteiger partial charge is 0.490 e. The molecule has 1 aromatic carbocycles. The molecule has 0 spiro atoms. The third-order valence-electron chi connectivity index (χ3n) is 2.08. The van der Waals surface area contributed by atoms with Gasteiger partial charge >= 0.3 is 5.97 Å². The van der Waals surface area contributed by atoms with Crippen LogP contribution < -0.4 is 4.74 Å². The normalized spacial score (nSPS) is 11.0. The molecule has 0 aliphatic heterocycles. The molecule has 0 atom stereocenters. The van der Waals surface area contributed by atoms with E-state index in [0.29, 0.717) is 12.2 Å². The molecule has 0 fully saturated rings. The molecule has 0 amide bonds. The minimum Gasteiger partial charge on any atom is -0.490 e. The van der Waals surface area contributed by atoms with Gasteiger partial charge in [-0.3, -0.25) is 0 Å². The lowest BCUT2D eigenvalue weighted by Crippen LogP contribution is -2.12. The fraction of sp³-hybridized carbons (Fsp3) is 0.308. The Kier molecular flexibility index (Phi) is 5.12. The Bertz CT molecular complexity index is 355. The lowest BCUT2D eigenvalue weighted by molar-refractivity contribution is -0.139. The Hall–Kier alpha value is -1.77. The van der Waals surface area contributed by atoms with Gasteiger partial charge in [-0.1, -0.05) is 24.3 Å². The van der Waals surface area contributed by atoms with E-state index in [9.17, 15) is 4.79 Å². The van der Waals surface area contributed by atoms with Gasteiger partial charge in [0.15, 0.2) is 0 Å². The maximum atomic E-state index is 11.2. The predicted molar refractivity (Wildman–Crippen MR) is 62.3 cm³/mol. The van der Waals surface area contributed by atoms with E-state index in [-0.39, 0.29) is 12.6 Å². The molecule has 0 saturated carbocycles. The quantitative estimate of drug-likeness (QED) is 0.434. The highest BCUT2D eigenvalue weighted by Crippen LogP contribution is 2.07. The van der Waals surface area contributed by atoms with Crippen molar-refractivity contribution < 1.29 is 14.3 Å². The van der Waals surface area contributed by atoms with Crippen LogP contribution in [-0.2, 0) is 9.53 Å². The van der Waals surface area contributed by atoms with Crippen molar-refractivity contribution in [1.29, 1.82) is 0 Å². The molecule has 0 aromatic heterocycles. The monoisotopic (exact) mass is 220 g/mol. The van der Waals surface area contributed by atoms with Crippen LogP contribution in [0.5, 0.6) is 5.75 Å². The average molecular weight is 220 g/mol. The van der Waals surface area contributed by atoms with E-state index in [1.165, 1.54) is 0 Å². The third-order valence-corrected chi connectivity index (χ3v) is 2.08. The summed E-state index contributed by atoms with van der Waals surface area (Å²) in [6, 6.07) is 9.43. The number of ether oxygens (including phenoxy) is 2. The Labute approximate surface area is 95.7 Å². The van der Waals surface area contributed by atoms with E-state index < -0.39 is 0 Å². The van der Waals surface area contributed by atoms with Gasteiger partial charge in [-0.05, 0) is 26.0 Å². The summed E-state index contributed by atoms with van der Waals surface area (Å²) in [5, 5.41) is 0. The molecule has 1 aromatic rings. The molecule has 0 unspecified atom stereocenters. The first kappa shape index (κ1) is 12.3. The Morgan fingerprint density at radius 1 is 1.25 bits per heavy atom. The number of benzene rings is 1. The first-order chi connectivity index (χ1) is 7.74. The molecule has 0 aliphatic carbocycles. The summed E-state index contributed by atoms with van der Waals surface area (Å²) in [5.41, 5.74) is 0.611. The van der Waals surface area contributed by atoms with Crippen LogP contribution in [0.25, 0.3) is 0 Å². The summed E-state index contributed by atoms with van der Waals surface area (Å²) >= 11 is 0. The molecule has 1 rings (SSSR count). The Balaban J connectivity index is 2.20. The molecule has 0 aliphatic rings. The third kappa shape index (κ3) is 4.17. The summed E-state index contributed by atoms with van der Waals surface area (Å²) in [6.07, 6.45) is 1.72. The number of esters is 1. The van der Waals surface area contributed by atoms with E-state index in [1.54, 1.807) is 19.9 Å². The van der Waals surface area contributed by atoms with Gasteiger partial charge in [-0.15, -0.1) is 0 Å². The highest BCUT2D eigenvalue weighted by Gasteiger charge is 2.03. The summed E-state index contributed by atoms with van der Waals surface area (Å²) in [5.74, 6) is 0.487. The number of allylic oxidation sites excluding steroid dienone is 1. The van der Waals surface area contributed by atoms with Crippen molar-refractivity contribution in [2.45, 2.75) is 13.8 Å². The number of hydrogen-bond donors (Lipinski definition) is 0. The SMILES string of the molecule is C/C=C(\C)C(=O)OCCOc1ccccc1. The molecule has 0 radical (unpaired) electrons. The minimum absolute atomic E-state index is 0.263. The highest BCUT2D eigenvalue weighted by atomic mass is 16.6. The number of hydrogen-bond acceptors (Lipinski definition) is 3. The number of carbonyl (C=O) groups excluding carboxylic acids is 1. The fourth-order valence-electron chi connectivity index (χ4n) is 1.04. The number of rotatable bonds is 5. The van der Waals surface area contributed by atoms with E-state index in [4.69, 9.17) is 9.47 Å². The minimum atomic E-state index is -0.292. The van der Waals surface area contributed by atoms with Gasteiger partial charge in [0.05, 0.1) is 0 Å². The molecule has 0 bridgehead atoms. The highest BCUT2D eigenvalue weighted by molar-refractivity contribution is 5.87. The van der Waals surface area contributed by atoms with E-state index >= 15 is 0 Å². The van der Waals surface area contributed by atoms with Crippen molar-refractivity contribution in [1.82, 2.24) is 0 Å². The molecule has 16 heavy (non-hydrogen) atoms. The van der Waals surface area contributed by atoms with E-state index in [1.807, 2.05) is 30.3 Å². The van der Waals surface area contributed by atoms with Gasteiger partial charge in [0.2, 0.25) is 0 Å². The van der Waals surface area contributed by atoms with Crippen LogP contribution in [0.1, 0.15) is 13.8 Å². The zero-order valence-corrected chi connectivity index (χ0v) is 9.60. The van der Waals surface area contributed by atoms with Crippen molar-refractivity contribution in [2.75, 3.05) is 13.2 Å². The van der Waals surface area contributed by atoms with Crippen LogP contribution in [0.3, 0.4) is 0 Å². The van der Waals surface area contributed by atoms with Crippen molar-refractivity contribution in [3.8, 4) is 5.75 Å². The zero-order chi connectivity index (χ0) is 11.8. The van der Waals surface area contributed by atoms with Crippen LogP contribution >= 0.6 is 0 Å². The predicted octanol–water partition coefficient (Wildman–Crippen LogP) is 2.57. The molecule has 3 heteroatoms. The first-order valence-corrected chi connectivity index (χ1v) is 5.22.